The third-order valence-corrected chi connectivity index (χ3v) is 5.69. The summed E-state index contributed by atoms with van der Waals surface area (Å²) < 4.78 is 19.5. The number of hydrogen-bond acceptors (Lipinski definition) is 3. The summed E-state index contributed by atoms with van der Waals surface area (Å²) in [6.45, 7) is 4.04. The minimum Gasteiger partial charge on any atom is -0.483 e. The fraction of sp³-hybridized carbons (Fsp3) is 0.571. The van der Waals surface area contributed by atoms with Crippen molar-refractivity contribution in [1.29, 1.82) is 0 Å². The van der Waals surface area contributed by atoms with Crippen molar-refractivity contribution in [1.82, 2.24) is 0 Å². The second-order valence-corrected chi connectivity index (χ2v) is 6.62. The Bertz CT molecular complexity index is 565. The summed E-state index contributed by atoms with van der Waals surface area (Å²) in [6.07, 6.45) is 2.01. The van der Waals surface area contributed by atoms with Gasteiger partial charge in [-0.1, -0.05) is 13.8 Å². The standard InChI is InChI=1S/C14H16BrClFNO3/c1-3-14(4-2)12(16)7-13(14)21-11-6-9(17)8(15)5-10(11)18(19)20/h5-6,12-13H,3-4,7H2,1-2H3. The number of benzene rings is 1. The van der Waals surface area contributed by atoms with E-state index in [4.69, 9.17) is 16.3 Å². The average molecular weight is 381 g/mol. The number of nitrogens with zero attached hydrogens (tertiary/aromatic N) is 1. The van der Waals surface area contributed by atoms with E-state index >= 15 is 0 Å². The summed E-state index contributed by atoms with van der Waals surface area (Å²) in [4.78, 5) is 10.5. The van der Waals surface area contributed by atoms with Crippen LogP contribution in [0.25, 0.3) is 0 Å². The van der Waals surface area contributed by atoms with E-state index < -0.39 is 10.7 Å². The summed E-state index contributed by atoms with van der Waals surface area (Å²) in [5, 5.41) is 11.1. The van der Waals surface area contributed by atoms with Crippen molar-refractivity contribution in [3.8, 4) is 5.75 Å². The molecule has 0 aliphatic heterocycles. The van der Waals surface area contributed by atoms with E-state index in [0.717, 1.165) is 25.0 Å². The van der Waals surface area contributed by atoms with Crippen LogP contribution in [-0.2, 0) is 0 Å². The molecule has 1 aromatic carbocycles. The van der Waals surface area contributed by atoms with Crippen molar-refractivity contribution in [2.24, 2.45) is 5.41 Å². The quantitative estimate of drug-likeness (QED) is 0.407. The van der Waals surface area contributed by atoms with Crippen molar-refractivity contribution in [3.05, 3.63) is 32.5 Å². The molecule has 1 aliphatic carbocycles. The van der Waals surface area contributed by atoms with Crippen LogP contribution in [-0.4, -0.2) is 16.4 Å². The topological polar surface area (TPSA) is 52.4 Å². The Hall–Kier alpha value is -0.880. The molecule has 7 heteroatoms. The minimum absolute atomic E-state index is 0.0168. The molecule has 0 aromatic heterocycles. The van der Waals surface area contributed by atoms with Crippen LogP contribution in [0.15, 0.2) is 16.6 Å². The molecule has 1 saturated carbocycles. The Kier molecular flexibility index (Phi) is 4.78. The van der Waals surface area contributed by atoms with Gasteiger partial charge in [0.2, 0.25) is 0 Å². The van der Waals surface area contributed by atoms with Gasteiger partial charge in [0.1, 0.15) is 11.9 Å². The molecule has 0 amide bonds. The molecule has 116 valence electrons. The molecule has 4 nitrogen and oxygen atoms in total. The predicted octanol–water partition coefficient (Wildman–Crippen LogP) is 5.06. The van der Waals surface area contributed by atoms with Gasteiger partial charge in [-0.05, 0) is 28.8 Å². The molecule has 2 rings (SSSR count). The highest BCUT2D eigenvalue weighted by Crippen LogP contribution is 2.52. The lowest BCUT2D eigenvalue weighted by Crippen LogP contribution is -2.56. The molecule has 1 aromatic rings. The molecule has 0 N–H and O–H groups in total. The zero-order chi connectivity index (χ0) is 15.8. The monoisotopic (exact) mass is 379 g/mol. The lowest BCUT2D eigenvalue weighted by atomic mass is 9.62. The molecule has 0 heterocycles. The van der Waals surface area contributed by atoms with Crippen molar-refractivity contribution < 1.29 is 14.1 Å². The molecule has 0 spiro atoms. The number of nitro groups is 1. The fourth-order valence-electron chi connectivity index (χ4n) is 2.92. The van der Waals surface area contributed by atoms with Gasteiger partial charge in [0.05, 0.1) is 9.40 Å². The zero-order valence-corrected chi connectivity index (χ0v) is 14.1. The van der Waals surface area contributed by atoms with Crippen LogP contribution in [0.2, 0.25) is 0 Å². The summed E-state index contributed by atoms with van der Waals surface area (Å²) in [6, 6.07) is 2.18. The van der Waals surface area contributed by atoms with Crippen molar-refractivity contribution in [2.75, 3.05) is 0 Å². The fourth-order valence-corrected chi connectivity index (χ4v) is 3.86. The molecule has 2 atom stereocenters. The highest BCUT2D eigenvalue weighted by Gasteiger charge is 2.54. The highest BCUT2D eigenvalue weighted by molar-refractivity contribution is 9.10. The number of hydrogen-bond donors (Lipinski definition) is 0. The van der Waals surface area contributed by atoms with E-state index in [1.165, 1.54) is 0 Å². The van der Waals surface area contributed by atoms with Crippen molar-refractivity contribution in [3.63, 3.8) is 0 Å². The van der Waals surface area contributed by atoms with Gasteiger partial charge in [0.25, 0.3) is 0 Å². The predicted molar refractivity (Wildman–Crippen MR) is 82.4 cm³/mol. The lowest BCUT2D eigenvalue weighted by molar-refractivity contribution is -0.386. The molecular weight excluding hydrogens is 365 g/mol. The maximum Gasteiger partial charge on any atom is 0.312 e. The van der Waals surface area contributed by atoms with Crippen LogP contribution >= 0.6 is 27.5 Å². The summed E-state index contributed by atoms with van der Waals surface area (Å²) in [7, 11) is 0. The Morgan fingerprint density at radius 3 is 2.62 bits per heavy atom. The summed E-state index contributed by atoms with van der Waals surface area (Å²) in [5.41, 5.74) is -0.457. The van der Waals surface area contributed by atoms with E-state index in [9.17, 15) is 14.5 Å². The van der Waals surface area contributed by atoms with E-state index in [1.54, 1.807) is 0 Å². The van der Waals surface area contributed by atoms with Crippen LogP contribution in [0, 0.1) is 21.3 Å². The van der Waals surface area contributed by atoms with Gasteiger partial charge < -0.3 is 4.74 Å². The molecule has 0 saturated heterocycles. The molecule has 0 bridgehead atoms. The van der Waals surface area contributed by atoms with E-state index in [-0.39, 0.29) is 32.8 Å². The largest absolute Gasteiger partial charge is 0.483 e. The van der Waals surface area contributed by atoms with Crippen molar-refractivity contribution >= 4 is 33.2 Å². The van der Waals surface area contributed by atoms with E-state index in [0.29, 0.717) is 6.42 Å². The molecular formula is C14H16BrClFNO3. The summed E-state index contributed by atoms with van der Waals surface area (Å²) >= 11 is 9.25. The highest BCUT2D eigenvalue weighted by atomic mass is 79.9. The maximum atomic E-state index is 13.7. The third kappa shape index (κ3) is 2.75. The maximum absolute atomic E-state index is 13.7. The first kappa shape index (κ1) is 16.5. The van der Waals surface area contributed by atoms with Gasteiger partial charge in [0.15, 0.2) is 5.75 Å². The number of halogens is 3. The van der Waals surface area contributed by atoms with Crippen LogP contribution < -0.4 is 4.74 Å². The van der Waals surface area contributed by atoms with Gasteiger partial charge in [-0.15, -0.1) is 11.6 Å². The average Bonchev–Trinajstić information content (AvgIpc) is 2.43. The number of rotatable bonds is 5. The van der Waals surface area contributed by atoms with Crippen LogP contribution in [0.5, 0.6) is 5.75 Å². The first-order valence-electron chi connectivity index (χ1n) is 6.79. The van der Waals surface area contributed by atoms with Gasteiger partial charge in [-0.25, -0.2) is 4.39 Å². The smallest absolute Gasteiger partial charge is 0.312 e. The number of ether oxygens (including phenoxy) is 1. The first-order valence-corrected chi connectivity index (χ1v) is 8.02. The van der Waals surface area contributed by atoms with Gasteiger partial charge in [-0.3, -0.25) is 10.1 Å². The van der Waals surface area contributed by atoms with E-state index in [2.05, 4.69) is 15.9 Å². The van der Waals surface area contributed by atoms with Crippen LogP contribution in [0.1, 0.15) is 33.1 Å². The minimum atomic E-state index is -0.587. The van der Waals surface area contributed by atoms with Gasteiger partial charge in [0, 0.05) is 29.3 Å². The Balaban J connectivity index is 2.32. The Labute approximate surface area is 135 Å². The molecule has 0 radical (unpaired) electrons. The molecule has 2 unspecified atom stereocenters. The Morgan fingerprint density at radius 2 is 2.14 bits per heavy atom. The number of nitro benzene ring substituents is 1. The molecule has 1 fully saturated rings. The lowest BCUT2D eigenvalue weighted by Gasteiger charge is -2.52. The molecule has 1 aliphatic rings. The van der Waals surface area contributed by atoms with Gasteiger partial charge in [-0.2, -0.15) is 0 Å². The van der Waals surface area contributed by atoms with Crippen LogP contribution in [0.4, 0.5) is 10.1 Å². The van der Waals surface area contributed by atoms with Gasteiger partial charge >= 0.3 is 5.69 Å². The third-order valence-electron chi connectivity index (χ3n) is 4.47. The second-order valence-electron chi connectivity index (χ2n) is 5.24. The zero-order valence-electron chi connectivity index (χ0n) is 11.7. The normalized spacial score (nSPS) is 23.5. The molecule has 21 heavy (non-hydrogen) atoms. The SMILES string of the molecule is CCC1(CC)C(Cl)CC1Oc1cc(F)c(Br)cc1[N+](=O)[O-]. The van der Waals surface area contributed by atoms with Crippen LogP contribution in [0.3, 0.4) is 0 Å². The summed E-state index contributed by atoms with van der Waals surface area (Å²) in [5.74, 6) is -0.628. The Morgan fingerprint density at radius 1 is 1.52 bits per heavy atom. The van der Waals surface area contributed by atoms with Crippen molar-refractivity contribution in [2.45, 2.75) is 44.6 Å². The number of alkyl halides is 1. The first-order chi connectivity index (χ1) is 9.85. The van der Waals surface area contributed by atoms with E-state index in [1.807, 2.05) is 13.8 Å². The second kappa shape index (κ2) is 6.08.